The van der Waals surface area contributed by atoms with Gasteiger partial charge in [0.1, 0.15) is 5.75 Å². The fourth-order valence-electron chi connectivity index (χ4n) is 3.20. The van der Waals surface area contributed by atoms with E-state index in [2.05, 4.69) is 51.7 Å². The smallest absolute Gasteiger partial charge is 0.313 e. The molecule has 1 heterocycles. The first-order chi connectivity index (χ1) is 14.0. The fraction of sp³-hybridized carbons (Fsp3) is 0.364. The summed E-state index contributed by atoms with van der Waals surface area (Å²) in [5.74, 6) is -0.637. The molecule has 1 fully saturated rings. The van der Waals surface area contributed by atoms with Crippen molar-refractivity contribution in [2.75, 3.05) is 57.1 Å². The van der Waals surface area contributed by atoms with Gasteiger partial charge in [-0.1, -0.05) is 12.1 Å². The van der Waals surface area contributed by atoms with Crippen LogP contribution in [0.5, 0.6) is 5.75 Å². The second-order valence-corrected chi connectivity index (χ2v) is 7.15. The molecular formula is C22H28N4O3. The van der Waals surface area contributed by atoms with Gasteiger partial charge in [0, 0.05) is 44.1 Å². The van der Waals surface area contributed by atoms with E-state index in [0.29, 0.717) is 24.4 Å². The van der Waals surface area contributed by atoms with Crippen LogP contribution in [-0.4, -0.2) is 63.6 Å². The lowest BCUT2D eigenvalue weighted by molar-refractivity contribution is -0.136. The molecule has 0 unspecified atom stereocenters. The second-order valence-electron chi connectivity index (χ2n) is 7.15. The van der Waals surface area contributed by atoms with Crippen molar-refractivity contribution < 1.29 is 14.3 Å². The third-order valence-electron chi connectivity index (χ3n) is 5.06. The van der Waals surface area contributed by atoms with Gasteiger partial charge in [0.15, 0.2) is 0 Å². The lowest BCUT2D eigenvalue weighted by Crippen LogP contribution is -2.44. The van der Waals surface area contributed by atoms with Crippen molar-refractivity contribution in [3.63, 3.8) is 0 Å². The number of hydrogen-bond acceptors (Lipinski definition) is 5. The van der Waals surface area contributed by atoms with Crippen molar-refractivity contribution in [3.8, 4) is 5.75 Å². The van der Waals surface area contributed by atoms with E-state index < -0.39 is 11.8 Å². The predicted molar refractivity (Wildman–Crippen MR) is 114 cm³/mol. The number of nitrogens with one attached hydrogen (secondary N) is 2. The van der Waals surface area contributed by atoms with Gasteiger partial charge in [-0.05, 0) is 55.4 Å². The summed E-state index contributed by atoms with van der Waals surface area (Å²) in [6, 6.07) is 15.2. The molecule has 7 heteroatoms. The molecule has 0 aliphatic carbocycles. The lowest BCUT2D eigenvalue weighted by atomic mass is 10.1. The predicted octanol–water partition coefficient (Wildman–Crippen LogP) is 1.74. The van der Waals surface area contributed by atoms with E-state index in [1.807, 2.05) is 0 Å². The number of amides is 2. The zero-order chi connectivity index (χ0) is 20.6. The highest BCUT2D eigenvalue weighted by Gasteiger charge is 2.15. The summed E-state index contributed by atoms with van der Waals surface area (Å²) in [6.07, 6.45) is 0.671. The van der Waals surface area contributed by atoms with Crippen molar-refractivity contribution in [1.82, 2.24) is 10.2 Å². The zero-order valence-electron chi connectivity index (χ0n) is 17.0. The van der Waals surface area contributed by atoms with E-state index in [0.717, 1.165) is 31.7 Å². The number of piperazine rings is 1. The maximum absolute atomic E-state index is 12.0. The fourth-order valence-corrected chi connectivity index (χ4v) is 3.20. The Balaban J connectivity index is 1.41. The number of likely N-dealkylation sites (N-methyl/N-ethyl adjacent to an activating group) is 1. The van der Waals surface area contributed by atoms with E-state index in [-0.39, 0.29) is 0 Å². The standard InChI is InChI=1S/C22H28N4O3/c1-25-13-15-26(16-14-25)19-7-3-17(4-8-19)11-12-23-21(27)22(28)24-18-5-9-20(29-2)10-6-18/h3-10H,11-16H2,1-2H3,(H,23,27)(H,24,28). The lowest BCUT2D eigenvalue weighted by Gasteiger charge is -2.34. The van der Waals surface area contributed by atoms with Crippen LogP contribution in [0.15, 0.2) is 48.5 Å². The van der Waals surface area contributed by atoms with Gasteiger partial charge in [0.05, 0.1) is 7.11 Å². The first kappa shape index (κ1) is 20.7. The molecular weight excluding hydrogens is 368 g/mol. The second kappa shape index (κ2) is 9.93. The highest BCUT2D eigenvalue weighted by Crippen LogP contribution is 2.17. The quantitative estimate of drug-likeness (QED) is 0.728. The monoisotopic (exact) mass is 396 g/mol. The molecule has 2 N–H and O–H groups in total. The molecule has 2 aromatic rings. The first-order valence-corrected chi connectivity index (χ1v) is 9.81. The summed E-state index contributed by atoms with van der Waals surface area (Å²) >= 11 is 0. The number of ether oxygens (including phenoxy) is 1. The van der Waals surface area contributed by atoms with Crippen LogP contribution in [0.4, 0.5) is 11.4 Å². The summed E-state index contributed by atoms with van der Waals surface area (Å²) in [4.78, 5) is 28.7. The molecule has 29 heavy (non-hydrogen) atoms. The Labute approximate surface area is 171 Å². The average molecular weight is 396 g/mol. The summed E-state index contributed by atoms with van der Waals surface area (Å²) in [7, 11) is 3.72. The minimum absolute atomic E-state index is 0.405. The van der Waals surface area contributed by atoms with E-state index in [1.165, 1.54) is 5.69 Å². The first-order valence-electron chi connectivity index (χ1n) is 9.81. The molecule has 7 nitrogen and oxygen atoms in total. The van der Waals surface area contributed by atoms with Gasteiger partial charge in [-0.25, -0.2) is 0 Å². The minimum Gasteiger partial charge on any atom is -0.497 e. The van der Waals surface area contributed by atoms with Crippen LogP contribution >= 0.6 is 0 Å². The molecule has 0 spiro atoms. The molecule has 3 rings (SSSR count). The van der Waals surface area contributed by atoms with E-state index >= 15 is 0 Å². The van der Waals surface area contributed by atoms with Gasteiger partial charge in [0.25, 0.3) is 0 Å². The van der Waals surface area contributed by atoms with Crippen LogP contribution in [0.1, 0.15) is 5.56 Å². The van der Waals surface area contributed by atoms with Crippen molar-refractivity contribution in [2.45, 2.75) is 6.42 Å². The van der Waals surface area contributed by atoms with Crippen LogP contribution in [0.3, 0.4) is 0 Å². The number of carbonyl (C=O) groups is 2. The topological polar surface area (TPSA) is 73.9 Å². The van der Waals surface area contributed by atoms with E-state index in [4.69, 9.17) is 4.74 Å². The zero-order valence-corrected chi connectivity index (χ0v) is 17.0. The molecule has 0 saturated carbocycles. The van der Waals surface area contributed by atoms with Crippen molar-refractivity contribution in [3.05, 3.63) is 54.1 Å². The number of methoxy groups -OCH3 is 1. The molecule has 2 aromatic carbocycles. The van der Waals surface area contributed by atoms with E-state index in [9.17, 15) is 9.59 Å². The summed E-state index contributed by atoms with van der Waals surface area (Å²) in [5.41, 5.74) is 2.90. The molecule has 1 saturated heterocycles. The van der Waals surface area contributed by atoms with E-state index in [1.54, 1.807) is 31.4 Å². The number of carbonyl (C=O) groups excluding carboxylic acids is 2. The van der Waals surface area contributed by atoms with Gasteiger partial charge in [-0.15, -0.1) is 0 Å². The molecule has 1 aliphatic rings. The van der Waals surface area contributed by atoms with Crippen molar-refractivity contribution >= 4 is 23.2 Å². The third kappa shape index (κ3) is 5.96. The van der Waals surface area contributed by atoms with Crippen molar-refractivity contribution in [2.24, 2.45) is 0 Å². The summed E-state index contributed by atoms with van der Waals surface area (Å²) in [6.45, 7) is 4.63. The van der Waals surface area contributed by atoms with Gasteiger partial charge >= 0.3 is 11.8 Å². The molecule has 0 aromatic heterocycles. The number of benzene rings is 2. The summed E-state index contributed by atoms with van der Waals surface area (Å²) in [5, 5.41) is 5.24. The maximum Gasteiger partial charge on any atom is 0.313 e. The Kier molecular flexibility index (Phi) is 7.08. The van der Waals surface area contributed by atoms with Crippen LogP contribution in [0, 0.1) is 0 Å². The van der Waals surface area contributed by atoms with Gasteiger partial charge in [-0.3, -0.25) is 9.59 Å². The SMILES string of the molecule is COc1ccc(NC(=O)C(=O)NCCc2ccc(N3CCN(C)CC3)cc2)cc1. The van der Waals surface area contributed by atoms with Crippen LogP contribution < -0.4 is 20.3 Å². The normalized spacial score (nSPS) is 14.3. The van der Waals surface area contributed by atoms with Gasteiger partial charge in [0.2, 0.25) is 0 Å². The number of rotatable bonds is 6. The van der Waals surface area contributed by atoms with Crippen molar-refractivity contribution in [1.29, 1.82) is 0 Å². The Morgan fingerprint density at radius 2 is 1.59 bits per heavy atom. The van der Waals surface area contributed by atoms with Crippen LogP contribution in [0.25, 0.3) is 0 Å². The highest BCUT2D eigenvalue weighted by atomic mass is 16.5. The average Bonchev–Trinajstić information content (AvgIpc) is 2.75. The summed E-state index contributed by atoms with van der Waals surface area (Å²) < 4.78 is 5.07. The van der Waals surface area contributed by atoms with Gasteiger partial charge in [-0.2, -0.15) is 0 Å². The molecule has 154 valence electrons. The minimum atomic E-state index is -0.680. The maximum atomic E-state index is 12.0. The highest BCUT2D eigenvalue weighted by molar-refractivity contribution is 6.39. The number of nitrogens with zero attached hydrogens (tertiary/aromatic N) is 2. The molecule has 2 amide bonds. The Hall–Kier alpha value is -3.06. The Morgan fingerprint density at radius 1 is 0.931 bits per heavy atom. The molecule has 0 bridgehead atoms. The van der Waals surface area contributed by atoms with Gasteiger partial charge < -0.3 is 25.2 Å². The molecule has 1 aliphatic heterocycles. The Bertz CT molecular complexity index is 813. The molecule has 0 radical (unpaired) electrons. The largest absolute Gasteiger partial charge is 0.497 e. The number of anilines is 2. The van der Waals surface area contributed by atoms with Crippen LogP contribution in [-0.2, 0) is 16.0 Å². The van der Waals surface area contributed by atoms with Crippen LogP contribution in [0.2, 0.25) is 0 Å². The Morgan fingerprint density at radius 3 is 2.21 bits per heavy atom. The third-order valence-corrected chi connectivity index (χ3v) is 5.06. The molecule has 0 atom stereocenters. The number of hydrogen-bond donors (Lipinski definition) is 2.